The third-order valence-electron chi connectivity index (χ3n) is 2.51. The minimum atomic E-state index is -3.89. The molecule has 1 aromatic carbocycles. The van der Waals surface area contributed by atoms with Crippen molar-refractivity contribution in [3.05, 3.63) is 21.6 Å². The minimum absolute atomic E-state index is 0.118. The molecule has 0 amide bonds. The Morgan fingerprint density at radius 3 is 2.60 bits per heavy atom. The average molecular weight is 387 g/mol. The number of hydrogen-bond donors (Lipinski definition) is 1. The Morgan fingerprint density at radius 1 is 1.50 bits per heavy atom. The second-order valence-corrected chi connectivity index (χ2v) is 7.19. The lowest BCUT2D eigenvalue weighted by Gasteiger charge is -2.19. The van der Waals surface area contributed by atoms with Crippen molar-refractivity contribution in [3.63, 3.8) is 0 Å². The molecule has 9 heteroatoms. The number of aliphatic carboxylic acids is 1. The standard InChI is InChI=1S/C11H13BrClNO5S/c1-14(4-3-10(15)16)20(17,18)9-6-7(13)5-8(12)11(9)19-2/h5-6H,3-4H2,1-2H3,(H,15,16). The molecule has 20 heavy (non-hydrogen) atoms. The van der Waals surface area contributed by atoms with Gasteiger partial charge in [-0.05, 0) is 28.1 Å². The van der Waals surface area contributed by atoms with E-state index in [1.54, 1.807) is 0 Å². The normalized spacial score (nSPS) is 11.7. The van der Waals surface area contributed by atoms with E-state index in [1.165, 1.54) is 26.3 Å². The first-order chi connectivity index (χ1) is 9.20. The molecule has 0 spiro atoms. The molecule has 0 aliphatic heterocycles. The number of methoxy groups -OCH3 is 1. The lowest BCUT2D eigenvalue weighted by Crippen LogP contribution is -2.29. The van der Waals surface area contributed by atoms with Crippen LogP contribution in [0.15, 0.2) is 21.5 Å². The fourth-order valence-corrected chi connectivity index (χ4v) is 4.01. The molecule has 0 saturated carbocycles. The summed E-state index contributed by atoms with van der Waals surface area (Å²) in [6.07, 6.45) is -0.292. The fourth-order valence-electron chi connectivity index (χ4n) is 1.47. The van der Waals surface area contributed by atoms with E-state index >= 15 is 0 Å². The Bertz CT molecular complexity index is 619. The van der Waals surface area contributed by atoms with Gasteiger partial charge in [-0.15, -0.1) is 0 Å². The summed E-state index contributed by atoms with van der Waals surface area (Å²) in [5, 5.41) is 8.84. The van der Waals surface area contributed by atoms with E-state index in [9.17, 15) is 13.2 Å². The second-order valence-electron chi connectivity index (χ2n) is 3.89. The van der Waals surface area contributed by atoms with Crippen LogP contribution in [-0.2, 0) is 14.8 Å². The first-order valence-corrected chi connectivity index (χ1v) is 8.02. The van der Waals surface area contributed by atoms with Crippen molar-refractivity contribution >= 4 is 43.5 Å². The molecule has 1 N–H and O–H groups in total. The predicted octanol–water partition coefficient (Wildman–Crippen LogP) is 2.21. The molecular weight excluding hydrogens is 374 g/mol. The Balaban J connectivity index is 3.24. The number of carbonyl (C=O) groups is 1. The largest absolute Gasteiger partial charge is 0.494 e. The van der Waals surface area contributed by atoms with Gasteiger partial charge in [0.2, 0.25) is 10.0 Å². The SMILES string of the molecule is COc1c(Br)cc(Cl)cc1S(=O)(=O)N(C)CCC(=O)O. The van der Waals surface area contributed by atoms with Gasteiger partial charge in [-0.25, -0.2) is 12.7 Å². The molecular formula is C11H13BrClNO5S. The molecule has 6 nitrogen and oxygen atoms in total. The van der Waals surface area contributed by atoms with Gasteiger partial charge in [-0.3, -0.25) is 4.79 Å². The van der Waals surface area contributed by atoms with E-state index in [2.05, 4.69) is 15.9 Å². The van der Waals surface area contributed by atoms with Crippen molar-refractivity contribution < 1.29 is 23.1 Å². The van der Waals surface area contributed by atoms with Crippen LogP contribution in [0.2, 0.25) is 5.02 Å². The molecule has 0 radical (unpaired) electrons. The van der Waals surface area contributed by atoms with Crippen LogP contribution in [0, 0.1) is 0 Å². The quantitative estimate of drug-likeness (QED) is 0.810. The summed E-state index contributed by atoms with van der Waals surface area (Å²) in [6, 6.07) is 2.77. The summed E-state index contributed by atoms with van der Waals surface area (Å²) in [6.45, 7) is -0.148. The molecule has 0 aliphatic carbocycles. The molecule has 0 saturated heterocycles. The Hall–Kier alpha value is -0.830. The average Bonchev–Trinajstić information content (AvgIpc) is 2.34. The van der Waals surface area contributed by atoms with Crippen LogP contribution >= 0.6 is 27.5 Å². The van der Waals surface area contributed by atoms with Gasteiger partial charge in [-0.2, -0.15) is 0 Å². The highest BCUT2D eigenvalue weighted by Gasteiger charge is 2.27. The zero-order valence-corrected chi connectivity index (χ0v) is 13.9. The van der Waals surface area contributed by atoms with E-state index < -0.39 is 16.0 Å². The molecule has 1 aromatic rings. The number of sulfonamides is 1. The van der Waals surface area contributed by atoms with E-state index in [0.29, 0.717) is 4.47 Å². The number of carboxylic acid groups (broad SMARTS) is 1. The molecule has 0 aromatic heterocycles. The predicted molar refractivity (Wildman–Crippen MR) is 77.8 cm³/mol. The zero-order valence-electron chi connectivity index (χ0n) is 10.8. The highest BCUT2D eigenvalue weighted by atomic mass is 79.9. The molecule has 0 unspecified atom stereocenters. The van der Waals surface area contributed by atoms with Crippen LogP contribution in [0.4, 0.5) is 0 Å². The van der Waals surface area contributed by atoms with E-state index in [0.717, 1.165) is 4.31 Å². The molecule has 112 valence electrons. The third kappa shape index (κ3) is 3.85. The van der Waals surface area contributed by atoms with Crippen molar-refractivity contribution in [3.8, 4) is 5.75 Å². The van der Waals surface area contributed by atoms with Crippen molar-refractivity contribution in [2.75, 3.05) is 20.7 Å². The maximum absolute atomic E-state index is 12.4. The van der Waals surface area contributed by atoms with Crippen LogP contribution in [0.5, 0.6) is 5.75 Å². The Morgan fingerprint density at radius 2 is 2.10 bits per heavy atom. The monoisotopic (exact) mass is 385 g/mol. The van der Waals surface area contributed by atoms with Crippen molar-refractivity contribution in [1.29, 1.82) is 0 Å². The summed E-state index contributed by atoms with van der Waals surface area (Å²) in [7, 11) is -1.26. The van der Waals surface area contributed by atoms with Gasteiger partial charge in [-0.1, -0.05) is 11.6 Å². The van der Waals surface area contributed by atoms with Gasteiger partial charge in [0.05, 0.1) is 18.0 Å². The summed E-state index contributed by atoms with van der Waals surface area (Å²) < 4.78 is 31.2. The molecule has 0 atom stereocenters. The van der Waals surface area contributed by atoms with Gasteiger partial charge < -0.3 is 9.84 Å². The third-order valence-corrected chi connectivity index (χ3v) is 5.18. The number of halogens is 2. The first-order valence-electron chi connectivity index (χ1n) is 5.41. The highest BCUT2D eigenvalue weighted by Crippen LogP contribution is 2.36. The number of rotatable bonds is 6. The number of benzene rings is 1. The molecule has 1 rings (SSSR count). The second kappa shape index (κ2) is 6.75. The summed E-state index contributed by atoms with van der Waals surface area (Å²) in [5.74, 6) is -0.956. The van der Waals surface area contributed by atoms with E-state index in [4.69, 9.17) is 21.4 Å². The molecule has 0 heterocycles. The van der Waals surface area contributed by atoms with Crippen LogP contribution < -0.4 is 4.74 Å². The topological polar surface area (TPSA) is 83.9 Å². The lowest BCUT2D eigenvalue weighted by atomic mass is 10.3. The van der Waals surface area contributed by atoms with Crippen LogP contribution in [-0.4, -0.2) is 44.5 Å². The van der Waals surface area contributed by atoms with Crippen LogP contribution in [0.1, 0.15) is 6.42 Å². The zero-order chi connectivity index (χ0) is 15.5. The number of hydrogen-bond acceptors (Lipinski definition) is 4. The maximum Gasteiger partial charge on any atom is 0.304 e. The van der Waals surface area contributed by atoms with Gasteiger partial charge in [0.25, 0.3) is 0 Å². The van der Waals surface area contributed by atoms with Gasteiger partial charge in [0, 0.05) is 18.6 Å². The lowest BCUT2D eigenvalue weighted by molar-refractivity contribution is -0.137. The first kappa shape index (κ1) is 17.2. The van der Waals surface area contributed by atoms with Gasteiger partial charge >= 0.3 is 5.97 Å². The number of carboxylic acids is 1. The highest BCUT2D eigenvalue weighted by molar-refractivity contribution is 9.10. The smallest absolute Gasteiger partial charge is 0.304 e. The molecule has 0 bridgehead atoms. The summed E-state index contributed by atoms with van der Waals surface area (Å²) in [5.41, 5.74) is 0. The number of ether oxygens (including phenoxy) is 1. The Labute approximate surface area is 130 Å². The van der Waals surface area contributed by atoms with Crippen molar-refractivity contribution in [2.24, 2.45) is 0 Å². The summed E-state index contributed by atoms with van der Waals surface area (Å²) >= 11 is 9.03. The minimum Gasteiger partial charge on any atom is -0.494 e. The van der Waals surface area contributed by atoms with E-state index in [1.807, 2.05) is 0 Å². The molecule has 0 fully saturated rings. The maximum atomic E-state index is 12.4. The molecule has 0 aliphatic rings. The Kier molecular flexibility index (Phi) is 5.81. The summed E-state index contributed by atoms with van der Waals surface area (Å²) in [4.78, 5) is 10.4. The van der Waals surface area contributed by atoms with Crippen LogP contribution in [0.25, 0.3) is 0 Å². The van der Waals surface area contributed by atoms with Crippen molar-refractivity contribution in [2.45, 2.75) is 11.3 Å². The van der Waals surface area contributed by atoms with E-state index in [-0.39, 0.29) is 28.6 Å². The number of nitrogens with zero attached hydrogens (tertiary/aromatic N) is 1. The van der Waals surface area contributed by atoms with Gasteiger partial charge in [0.15, 0.2) is 5.75 Å². The fraction of sp³-hybridized carbons (Fsp3) is 0.364. The van der Waals surface area contributed by atoms with Crippen molar-refractivity contribution in [1.82, 2.24) is 4.31 Å². The van der Waals surface area contributed by atoms with Gasteiger partial charge in [0.1, 0.15) is 4.90 Å². The van der Waals surface area contributed by atoms with Crippen LogP contribution in [0.3, 0.4) is 0 Å².